The highest BCUT2D eigenvalue weighted by Gasteiger charge is 2.38. The third kappa shape index (κ3) is 5.97. The summed E-state index contributed by atoms with van der Waals surface area (Å²) < 4.78 is 11.4. The second-order valence-electron chi connectivity index (χ2n) is 10.2. The molecule has 3 unspecified atom stereocenters. The van der Waals surface area contributed by atoms with Crippen molar-refractivity contribution in [2.24, 2.45) is 17.8 Å². The largest absolute Gasteiger partial charge is 0.482 e. The molecule has 0 N–H and O–H groups in total. The summed E-state index contributed by atoms with van der Waals surface area (Å²) in [5.74, 6) is 8.93. The summed E-state index contributed by atoms with van der Waals surface area (Å²) in [6.07, 6.45) is 5.19. The van der Waals surface area contributed by atoms with Crippen LogP contribution in [0.25, 0.3) is 0 Å². The van der Waals surface area contributed by atoms with Gasteiger partial charge in [0.05, 0.1) is 10.9 Å². The van der Waals surface area contributed by atoms with Crippen LogP contribution in [-0.4, -0.2) is 18.2 Å². The minimum atomic E-state index is -0.814. The van der Waals surface area contributed by atoms with Gasteiger partial charge in [-0.1, -0.05) is 54.7 Å². The summed E-state index contributed by atoms with van der Waals surface area (Å²) >= 11 is 0. The van der Waals surface area contributed by atoms with E-state index >= 15 is 0 Å². The van der Waals surface area contributed by atoms with E-state index in [1.807, 2.05) is 38.1 Å². The smallest absolute Gasteiger partial charge is 0.345 e. The highest BCUT2D eigenvalue weighted by molar-refractivity contribution is 7.97. The van der Waals surface area contributed by atoms with E-state index in [1.54, 1.807) is 0 Å². The van der Waals surface area contributed by atoms with Crippen LogP contribution in [0.15, 0.2) is 99.6 Å². The highest BCUT2D eigenvalue weighted by Crippen LogP contribution is 2.48. The van der Waals surface area contributed by atoms with E-state index in [0.29, 0.717) is 11.7 Å². The molecule has 2 bridgehead atoms. The van der Waals surface area contributed by atoms with Gasteiger partial charge < -0.3 is 9.47 Å². The average molecular weight is 498 g/mol. The molecule has 5 rings (SSSR count). The molecule has 2 aliphatic rings. The first kappa shape index (κ1) is 24.5. The number of rotatable bonds is 7. The molecule has 0 radical (unpaired) electrons. The van der Waals surface area contributed by atoms with E-state index in [-0.39, 0.29) is 17.5 Å². The maximum atomic E-state index is 12.5. The molecule has 3 atom stereocenters. The molecule has 2 saturated carbocycles. The first-order valence-electron chi connectivity index (χ1n) is 12.8. The molecular weight excluding hydrogens is 464 g/mol. The lowest BCUT2D eigenvalue weighted by Crippen LogP contribution is -2.29. The number of benzene rings is 3. The molecule has 36 heavy (non-hydrogen) atoms. The van der Waals surface area contributed by atoms with Crippen LogP contribution >= 0.6 is 0 Å². The Kier molecular flexibility index (Phi) is 7.39. The third-order valence-electron chi connectivity index (χ3n) is 7.04. The number of hydrogen-bond acceptors (Lipinski definition) is 3. The van der Waals surface area contributed by atoms with Crippen LogP contribution in [0.2, 0.25) is 0 Å². The van der Waals surface area contributed by atoms with Crippen molar-refractivity contribution in [3.8, 4) is 17.6 Å². The fraction of sp³-hybridized carbons (Fsp3) is 0.344. The van der Waals surface area contributed by atoms with Gasteiger partial charge in [0.15, 0.2) is 26.9 Å². The van der Waals surface area contributed by atoms with Gasteiger partial charge in [-0.3, -0.25) is 0 Å². The van der Waals surface area contributed by atoms with Gasteiger partial charge in [-0.25, -0.2) is 4.79 Å². The van der Waals surface area contributed by atoms with Crippen LogP contribution in [0.3, 0.4) is 0 Å². The molecule has 0 heterocycles. The molecule has 0 spiro atoms. The Bertz CT molecular complexity index is 1190. The summed E-state index contributed by atoms with van der Waals surface area (Å²) in [7, 11) is -0.216. The topological polar surface area (TPSA) is 35.5 Å². The van der Waals surface area contributed by atoms with Crippen LogP contribution in [0.5, 0.6) is 5.75 Å². The Morgan fingerprint density at radius 2 is 1.47 bits per heavy atom. The number of hydrogen-bond donors (Lipinski definition) is 0. The molecule has 3 aromatic carbocycles. The van der Waals surface area contributed by atoms with Gasteiger partial charge in [-0.2, -0.15) is 0 Å². The van der Waals surface area contributed by atoms with Crippen LogP contribution in [-0.2, 0) is 20.4 Å². The Morgan fingerprint density at radius 1 is 0.861 bits per heavy atom. The van der Waals surface area contributed by atoms with Gasteiger partial charge >= 0.3 is 5.97 Å². The molecular formula is C32H33O3S+. The Morgan fingerprint density at radius 3 is 2.03 bits per heavy atom. The van der Waals surface area contributed by atoms with Gasteiger partial charge in [0.1, 0.15) is 5.75 Å². The van der Waals surface area contributed by atoms with E-state index in [1.165, 1.54) is 40.4 Å². The maximum absolute atomic E-state index is 12.5. The molecule has 3 aromatic rings. The second kappa shape index (κ2) is 10.8. The summed E-state index contributed by atoms with van der Waals surface area (Å²) in [5.41, 5.74) is -0.814. The fourth-order valence-corrected chi connectivity index (χ4v) is 7.45. The molecule has 4 heteroatoms. The summed E-state index contributed by atoms with van der Waals surface area (Å²) in [4.78, 5) is 16.2. The molecule has 2 aliphatic carbocycles. The molecule has 3 nitrogen and oxygen atoms in total. The third-order valence-corrected chi connectivity index (χ3v) is 9.27. The first-order chi connectivity index (χ1) is 17.5. The summed E-state index contributed by atoms with van der Waals surface area (Å²) in [5, 5.41) is 0. The van der Waals surface area contributed by atoms with Gasteiger partial charge in [-0.15, -0.1) is 0 Å². The SMILES string of the molecule is CC(C)(C#CC1CC2CCC1C2)OC(=O)COc1ccc([S+](c2ccccc2)c2ccccc2)cc1. The van der Waals surface area contributed by atoms with Crippen molar-refractivity contribution in [2.45, 2.75) is 59.8 Å². The fourth-order valence-electron chi connectivity index (χ4n) is 5.36. The van der Waals surface area contributed by atoms with Crippen molar-refractivity contribution < 1.29 is 14.3 Å². The van der Waals surface area contributed by atoms with E-state index in [9.17, 15) is 4.79 Å². The summed E-state index contributed by atoms with van der Waals surface area (Å²) in [6, 6.07) is 29.0. The predicted molar refractivity (Wildman–Crippen MR) is 144 cm³/mol. The van der Waals surface area contributed by atoms with Gasteiger partial charge in [-0.05, 0) is 93.5 Å². The van der Waals surface area contributed by atoms with E-state index in [2.05, 4.69) is 72.5 Å². The lowest BCUT2D eigenvalue weighted by Gasteiger charge is -2.20. The number of fused-ring (bicyclic) bond motifs is 2. The summed E-state index contributed by atoms with van der Waals surface area (Å²) in [6.45, 7) is 3.57. The second-order valence-corrected chi connectivity index (χ2v) is 12.3. The van der Waals surface area contributed by atoms with Crippen LogP contribution < -0.4 is 4.74 Å². The zero-order chi connectivity index (χ0) is 25.0. The predicted octanol–water partition coefficient (Wildman–Crippen LogP) is 6.92. The zero-order valence-electron chi connectivity index (χ0n) is 21.0. The minimum absolute atomic E-state index is 0.137. The number of ether oxygens (including phenoxy) is 2. The average Bonchev–Trinajstić information content (AvgIpc) is 3.52. The molecule has 0 aromatic heterocycles. The Labute approximate surface area is 217 Å². The quantitative estimate of drug-likeness (QED) is 0.202. The maximum Gasteiger partial charge on any atom is 0.345 e. The van der Waals surface area contributed by atoms with Crippen molar-refractivity contribution in [1.82, 2.24) is 0 Å². The van der Waals surface area contributed by atoms with Crippen molar-refractivity contribution in [1.29, 1.82) is 0 Å². The molecule has 0 saturated heterocycles. The van der Waals surface area contributed by atoms with E-state index in [0.717, 1.165) is 11.8 Å². The lowest BCUT2D eigenvalue weighted by atomic mass is 9.89. The first-order valence-corrected chi connectivity index (χ1v) is 14.0. The van der Waals surface area contributed by atoms with Crippen molar-refractivity contribution in [2.75, 3.05) is 6.61 Å². The molecule has 2 fully saturated rings. The van der Waals surface area contributed by atoms with E-state index in [4.69, 9.17) is 9.47 Å². The number of carbonyl (C=O) groups is 1. The molecule has 0 aliphatic heterocycles. The van der Waals surface area contributed by atoms with Crippen LogP contribution in [0.4, 0.5) is 0 Å². The van der Waals surface area contributed by atoms with Crippen LogP contribution in [0, 0.1) is 29.6 Å². The van der Waals surface area contributed by atoms with Crippen LogP contribution in [0.1, 0.15) is 39.5 Å². The Hall–Kier alpha value is -3.16. The molecule has 184 valence electrons. The number of esters is 1. The zero-order valence-corrected chi connectivity index (χ0v) is 21.8. The van der Waals surface area contributed by atoms with Crippen molar-refractivity contribution in [3.05, 3.63) is 84.9 Å². The van der Waals surface area contributed by atoms with Crippen molar-refractivity contribution >= 4 is 16.9 Å². The highest BCUT2D eigenvalue weighted by atomic mass is 32.2. The molecule has 0 amide bonds. The standard InChI is InChI=1S/C32H33O3S/c1-32(2,20-19-26-22-24-13-14-25(26)21-24)35-31(33)23-34-27-15-17-30(18-16-27)36(28-9-5-3-6-10-28)29-11-7-4-8-12-29/h3-12,15-18,24-26H,13-14,21-23H2,1-2H3/q+1. The van der Waals surface area contributed by atoms with Gasteiger partial charge in [0.2, 0.25) is 0 Å². The lowest BCUT2D eigenvalue weighted by molar-refractivity contribution is -0.154. The van der Waals surface area contributed by atoms with Gasteiger partial charge in [0, 0.05) is 5.92 Å². The van der Waals surface area contributed by atoms with Gasteiger partial charge in [0.25, 0.3) is 0 Å². The normalized spacial score (nSPS) is 20.6. The van der Waals surface area contributed by atoms with Crippen molar-refractivity contribution in [3.63, 3.8) is 0 Å². The minimum Gasteiger partial charge on any atom is -0.482 e. The number of carbonyl (C=O) groups excluding carboxylic acids is 1. The Balaban J connectivity index is 1.19. The monoisotopic (exact) mass is 497 g/mol. The van der Waals surface area contributed by atoms with E-state index < -0.39 is 11.6 Å².